The number of nitrogens with zero attached hydrogens (tertiary/aromatic N) is 2. The second-order valence-corrected chi connectivity index (χ2v) is 7.14. The highest BCUT2D eigenvalue weighted by molar-refractivity contribution is 7.92. The summed E-state index contributed by atoms with van der Waals surface area (Å²) in [6.45, 7) is 0.582. The Morgan fingerprint density at radius 3 is 2.29 bits per heavy atom. The monoisotopic (exact) mass is 342 g/mol. The van der Waals surface area contributed by atoms with E-state index in [1.807, 2.05) is 59.4 Å². The van der Waals surface area contributed by atoms with Crippen LogP contribution in [-0.4, -0.2) is 24.5 Å². The maximum Gasteiger partial charge on any atom is 0.229 e. The molecule has 0 aliphatic carbocycles. The van der Waals surface area contributed by atoms with Gasteiger partial charge in [0.1, 0.15) is 0 Å². The minimum absolute atomic E-state index is 0.538. The van der Waals surface area contributed by atoms with Crippen molar-refractivity contribution in [2.45, 2.75) is 6.54 Å². The van der Waals surface area contributed by atoms with Gasteiger partial charge in [-0.25, -0.2) is 13.1 Å². The number of hydrogen-bond donors (Lipinski definition) is 2. The molecule has 6 nitrogen and oxygen atoms in total. The van der Waals surface area contributed by atoms with Gasteiger partial charge in [-0.3, -0.25) is 4.72 Å². The number of rotatable bonds is 6. The van der Waals surface area contributed by atoms with Crippen molar-refractivity contribution in [2.24, 2.45) is 0 Å². The third-order valence-corrected chi connectivity index (χ3v) is 3.93. The Bertz CT molecular complexity index is 903. The van der Waals surface area contributed by atoms with Crippen LogP contribution in [0.5, 0.6) is 0 Å². The van der Waals surface area contributed by atoms with Crippen LogP contribution in [0.4, 0.5) is 11.4 Å². The smallest absolute Gasteiger partial charge is 0.229 e. The summed E-state index contributed by atoms with van der Waals surface area (Å²) in [5.74, 6) is 0. The predicted octanol–water partition coefficient (Wildman–Crippen LogP) is 2.86. The fourth-order valence-electron chi connectivity index (χ4n) is 2.24. The average molecular weight is 342 g/mol. The summed E-state index contributed by atoms with van der Waals surface area (Å²) in [6.07, 6.45) is 3.05. The van der Waals surface area contributed by atoms with Gasteiger partial charge in [0.05, 0.1) is 24.2 Å². The Hall–Kier alpha value is -2.80. The lowest BCUT2D eigenvalue weighted by Gasteiger charge is -2.07. The number of para-hydroxylation sites is 1. The van der Waals surface area contributed by atoms with Crippen molar-refractivity contribution in [1.29, 1.82) is 0 Å². The van der Waals surface area contributed by atoms with E-state index in [9.17, 15) is 8.42 Å². The standard InChI is InChI=1S/C17H18N4O2S/c1-24(22,23)20-15-9-7-14(8-10-15)18-13-16-11-12-21(19-16)17-5-3-2-4-6-17/h2-12,18,20H,13H2,1H3. The lowest BCUT2D eigenvalue weighted by molar-refractivity contribution is 0.607. The lowest BCUT2D eigenvalue weighted by Crippen LogP contribution is -2.09. The van der Waals surface area contributed by atoms with Crippen LogP contribution in [0.15, 0.2) is 66.9 Å². The van der Waals surface area contributed by atoms with Crippen LogP contribution in [0.1, 0.15) is 5.69 Å². The Kier molecular flexibility index (Phi) is 4.52. The Labute approximate surface area is 141 Å². The van der Waals surface area contributed by atoms with Gasteiger partial charge in [0.2, 0.25) is 10.0 Å². The minimum Gasteiger partial charge on any atom is -0.379 e. The lowest BCUT2D eigenvalue weighted by atomic mass is 10.3. The highest BCUT2D eigenvalue weighted by Gasteiger charge is 2.03. The van der Waals surface area contributed by atoms with E-state index in [1.165, 1.54) is 0 Å². The van der Waals surface area contributed by atoms with Crippen LogP contribution < -0.4 is 10.0 Å². The molecule has 0 saturated heterocycles. The molecule has 3 rings (SSSR count). The van der Waals surface area contributed by atoms with Gasteiger partial charge in [-0.1, -0.05) is 18.2 Å². The van der Waals surface area contributed by atoms with Gasteiger partial charge in [-0.15, -0.1) is 0 Å². The zero-order valence-corrected chi connectivity index (χ0v) is 14.0. The summed E-state index contributed by atoms with van der Waals surface area (Å²) in [5, 5.41) is 7.79. The number of aromatic nitrogens is 2. The normalized spacial score (nSPS) is 11.2. The molecule has 2 N–H and O–H groups in total. The molecule has 3 aromatic rings. The van der Waals surface area contributed by atoms with Crippen molar-refractivity contribution in [3.8, 4) is 5.69 Å². The second-order valence-electron chi connectivity index (χ2n) is 5.39. The van der Waals surface area contributed by atoms with Gasteiger partial charge < -0.3 is 5.32 Å². The third kappa shape index (κ3) is 4.36. The van der Waals surface area contributed by atoms with E-state index >= 15 is 0 Å². The van der Waals surface area contributed by atoms with E-state index in [2.05, 4.69) is 15.1 Å². The van der Waals surface area contributed by atoms with Crippen LogP contribution in [0.3, 0.4) is 0 Å². The van der Waals surface area contributed by atoms with Gasteiger partial charge in [0.25, 0.3) is 0 Å². The molecule has 0 unspecified atom stereocenters. The number of sulfonamides is 1. The van der Waals surface area contributed by atoms with Gasteiger partial charge in [0.15, 0.2) is 0 Å². The first kappa shape index (κ1) is 16.1. The van der Waals surface area contributed by atoms with Crippen molar-refractivity contribution < 1.29 is 8.42 Å². The predicted molar refractivity (Wildman–Crippen MR) is 95.8 cm³/mol. The Balaban J connectivity index is 1.61. The molecule has 0 amide bonds. The molecule has 1 aromatic heterocycles. The van der Waals surface area contributed by atoms with Gasteiger partial charge in [0, 0.05) is 17.6 Å². The molecule has 7 heteroatoms. The molecular weight excluding hydrogens is 324 g/mol. The first-order chi connectivity index (χ1) is 11.5. The van der Waals surface area contributed by atoms with Crippen molar-refractivity contribution in [2.75, 3.05) is 16.3 Å². The SMILES string of the molecule is CS(=O)(=O)Nc1ccc(NCc2ccn(-c3ccccc3)n2)cc1. The molecule has 0 radical (unpaired) electrons. The molecule has 0 fully saturated rings. The van der Waals surface area contributed by atoms with Crippen LogP contribution in [0.25, 0.3) is 5.69 Å². The quantitative estimate of drug-likeness (QED) is 0.722. The first-order valence-electron chi connectivity index (χ1n) is 7.41. The zero-order valence-electron chi connectivity index (χ0n) is 13.2. The molecule has 24 heavy (non-hydrogen) atoms. The Morgan fingerprint density at radius 2 is 1.62 bits per heavy atom. The van der Waals surface area contributed by atoms with Crippen LogP contribution in [-0.2, 0) is 16.6 Å². The van der Waals surface area contributed by atoms with Crippen LogP contribution in [0, 0.1) is 0 Å². The summed E-state index contributed by atoms with van der Waals surface area (Å²) in [5.41, 5.74) is 3.36. The summed E-state index contributed by atoms with van der Waals surface area (Å²) in [6, 6.07) is 18.9. The minimum atomic E-state index is -3.25. The molecule has 0 bridgehead atoms. The van der Waals surface area contributed by atoms with E-state index in [0.29, 0.717) is 12.2 Å². The molecule has 0 aliphatic rings. The largest absolute Gasteiger partial charge is 0.379 e. The number of anilines is 2. The first-order valence-corrected chi connectivity index (χ1v) is 9.30. The Morgan fingerprint density at radius 1 is 0.958 bits per heavy atom. The van der Waals surface area contributed by atoms with Crippen molar-refractivity contribution in [3.05, 3.63) is 72.6 Å². The van der Waals surface area contributed by atoms with Crippen LogP contribution >= 0.6 is 0 Å². The third-order valence-electron chi connectivity index (χ3n) is 3.33. The van der Waals surface area contributed by atoms with Gasteiger partial charge in [-0.2, -0.15) is 5.10 Å². The second kappa shape index (κ2) is 6.76. The molecule has 124 valence electrons. The fraction of sp³-hybridized carbons (Fsp3) is 0.118. The summed E-state index contributed by atoms with van der Waals surface area (Å²) in [4.78, 5) is 0. The highest BCUT2D eigenvalue weighted by Crippen LogP contribution is 2.15. The molecule has 0 saturated carbocycles. The molecule has 2 aromatic carbocycles. The van der Waals surface area contributed by atoms with Crippen LogP contribution in [0.2, 0.25) is 0 Å². The summed E-state index contributed by atoms with van der Waals surface area (Å²) < 4.78 is 26.6. The van der Waals surface area contributed by atoms with Crippen molar-refractivity contribution in [3.63, 3.8) is 0 Å². The maximum atomic E-state index is 11.2. The van der Waals surface area contributed by atoms with E-state index in [4.69, 9.17) is 0 Å². The maximum absolute atomic E-state index is 11.2. The zero-order chi connectivity index (χ0) is 17.0. The topological polar surface area (TPSA) is 76.0 Å². The van der Waals surface area contributed by atoms with E-state index in [-0.39, 0.29) is 0 Å². The van der Waals surface area contributed by atoms with Crippen molar-refractivity contribution >= 4 is 21.4 Å². The summed E-state index contributed by atoms with van der Waals surface area (Å²) in [7, 11) is -3.25. The number of nitrogens with one attached hydrogen (secondary N) is 2. The molecule has 0 aliphatic heterocycles. The van der Waals surface area contributed by atoms with E-state index < -0.39 is 10.0 Å². The molecule has 0 spiro atoms. The van der Waals surface area contributed by atoms with E-state index in [1.54, 1.807) is 12.1 Å². The number of hydrogen-bond acceptors (Lipinski definition) is 4. The molecule has 1 heterocycles. The average Bonchev–Trinajstić information content (AvgIpc) is 3.03. The number of benzene rings is 2. The van der Waals surface area contributed by atoms with Gasteiger partial charge >= 0.3 is 0 Å². The molecule has 0 atom stereocenters. The fourth-order valence-corrected chi connectivity index (χ4v) is 2.81. The summed E-state index contributed by atoms with van der Waals surface area (Å²) >= 11 is 0. The molecular formula is C17H18N4O2S. The van der Waals surface area contributed by atoms with Gasteiger partial charge in [-0.05, 0) is 42.5 Å². The van der Waals surface area contributed by atoms with Crippen molar-refractivity contribution in [1.82, 2.24) is 9.78 Å². The van der Waals surface area contributed by atoms with E-state index in [0.717, 1.165) is 23.3 Å². The highest BCUT2D eigenvalue weighted by atomic mass is 32.2.